The minimum absolute atomic E-state index is 0.0454. The van der Waals surface area contributed by atoms with Gasteiger partial charge in [-0.2, -0.15) is 0 Å². The van der Waals surface area contributed by atoms with Gasteiger partial charge in [-0.1, -0.05) is 29.3 Å². The Bertz CT molecular complexity index is 352. The summed E-state index contributed by atoms with van der Waals surface area (Å²) in [7, 11) is 0. The van der Waals surface area contributed by atoms with Crippen molar-refractivity contribution >= 4 is 29.0 Å². The van der Waals surface area contributed by atoms with Crippen molar-refractivity contribution in [3.05, 3.63) is 33.8 Å². The first-order valence-electron chi connectivity index (χ1n) is 4.20. The SMILES string of the molecule is CC(=O)[C@@H](N)Cc1ccc(Cl)cc1Cl. The van der Waals surface area contributed by atoms with Crippen molar-refractivity contribution in [1.82, 2.24) is 0 Å². The van der Waals surface area contributed by atoms with Crippen LogP contribution in [0.3, 0.4) is 0 Å². The topological polar surface area (TPSA) is 43.1 Å². The number of benzene rings is 1. The summed E-state index contributed by atoms with van der Waals surface area (Å²) < 4.78 is 0. The third kappa shape index (κ3) is 2.98. The molecule has 0 aliphatic heterocycles. The van der Waals surface area contributed by atoms with Crippen LogP contribution in [-0.2, 0) is 11.2 Å². The largest absolute Gasteiger partial charge is 0.321 e. The predicted octanol–water partition coefficient (Wildman–Crippen LogP) is 2.45. The Morgan fingerprint density at radius 3 is 2.64 bits per heavy atom. The Labute approximate surface area is 93.0 Å². The second-order valence-corrected chi connectivity index (χ2v) is 4.00. The van der Waals surface area contributed by atoms with E-state index in [-0.39, 0.29) is 5.78 Å². The van der Waals surface area contributed by atoms with E-state index in [2.05, 4.69) is 0 Å². The molecule has 0 fully saturated rings. The third-order valence-corrected chi connectivity index (χ3v) is 2.56. The van der Waals surface area contributed by atoms with Crippen LogP contribution in [-0.4, -0.2) is 11.8 Å². The molecular formula is C10H11Cl2NO. The van der Waals surface area contributed by atoms with Crippen molar-refractivity contribution in [3.8, 4) is 0 Å². The Hall–Kier alpha value is -0.570. The van der Waals surface area contributed by atoms with Crippen LogP contribution in [0.15, 0.2) is 18.2 Å². The van der Waals surface area contributed by atoms with Gasteiger partial charge < -0.3 is 5.73 Å². The molecule has 0 aliphatic rings. The van der Waals surface area contributed by atoms with Gasteiger partial charge in [-0.05, 0) is 31.0 Å². The summed E-state index contributed by atoms with van der Waals surface area (Å²) in [4.78, 5) is 10.9. The lowest BCUT2D eigenvalue weighted by Crippen LogP contribution is -2.30. The molecule has 1 aromatic carbocycles. The van der Waals surface area contributed by atoms with Gasteiger partial charge in [0.1, 0.15) is 5.78 Å². The summed E-state index contributed by atoms with van der Waals surface area (Å²) in [6.07, 6.45) is 0.450. The van der Waals surface area contributed by atoms with Gasteiger partial charge >= 0.3 is 0 Å². The van der Waals surface area contributed by atoms with E-state index in [4.69, 9.17) is 28.9 Å². The minimum Gasteiger partial charge on any atom is -0.321 e. The van der Waals surface area contributed by atoms with E-state index in [0.717, 1.165) is 5.56 Å². The number of ketones is 1. The maximum atomic E-state index is 10.9. The molecule has 0 bridgehead atoms. The van der Waals surface area contributed by atoms with Crippen LogP contribution in [0, 0.1) is 0 Å². The van der Waals surface area contributed by atoms with E-state index in [0.29, 0.717) is 16.5 Å². The first-order chi connectivity index (χ1) is 6.50. The van der Waals surface area contributed by atoms with Crippen molar-refractivity contribution in [3.63, 3.8) is 0 Å². The lowest BCUT2D eigenvalue weighted by molar-refractivity contribution is -0.118. The van der Waals surface area contributed by atoms with Crippen LogP contribution in [0.5, 0.6) is 0 Å². The highest BCUT2D eigenvalue weighted by atomic mass is 35.5. The van der Waals surface area contributed by atoms with Gasteiger partial charge in [0.15, 0.2) is 0 Å². The molecule has 0 saturated heterocycles. The fraction of sp³-hybridized carbons (Fsp3) is 0.300. The number of carbonyl (C=O) groups is 1. The van der Waals surface area contributed by atoms with Crippen molar-refractivity contribution in [2.75, 3.05) is 0 Å². The monoisotopic (exact) mass is 231 g/mol. The summed E-state index contributed by atoms with van der Waals surface area (Å²) in [5, 5.41) is 1.13. The van der Waals surface area contributed by atoms with Crippen LogP contribution in [0.1, 0.15) is 12.5 Å². The molecule has 2 nitrogen and oxygen atoms in total. The number of Topliss-reactive ketones (excluding diaryl/α,β-unsaturated/α-hetero) is 1. The number of halogens is 2. The van der Waals surface area contributed by atoms with E-state index < -0.39 is 6.04 Å². The average molecular weight is 232 g/mol. The fourth-order valence-electron chi connectivity index (χ4n) is 1.07. The summed E-state index contributed by atoms with van der Waals surface area (Å²) in [5.74, 6) is -0.0454. The van der Waals surface area contributed by atoms with E-state index >= 15 is 0 Å². The maximum Gasteiger partial charge on any atom is 0.146 e. The summed E-state index contributed by atoms with van der Waals surface area (Å²) in [6.45, 7) is 1.47. The molecule has 14 heavy (non-hydrogen) atoms. The molecule has 1 aromatic rings. The van der Waals surface area contributed by atoms with Gasteiger partial charge in [0.2, 0.25) is 0 Å². The van der Waals surface area contributed by atoms with Gasteiger partial charge in [-0.15, -0.1) is 0 Å². The number of rotatable bonds is 3. The molecule has 0 radical (unpaired) electrons. The highest BCUT2D eigenvalue weighted by Gasteiger charge is 2.11. The first kappa shape index (κ1) is 11.5. The maximum absolute atomic E-state index is 10.9. The molecule has 0 spiro atoms. The van der Waals surface area contributed by atoms with Crippen LogP contribution in [0.4, 0.5) is 0 Å². The lowest BCUT2D eigenvalue weighted by Gasteiger charge is -2.09. The van der Waals surface area contributed by atoms with E-state index in [1.54, 1.807) is 18.2 Å². The minimum atomic E-state index is -0.492. The summed E-state index contributed by atoms with van der Waals surface area (Å²) in [6, 6.07) is 4.67. The Morgan fingerprint density at radius 1 is 1.50 bits per heavy atom. The van der Waals surface area contributed by atoms with Gasteiger partial charge in [0.05, 0.1) is 6.04 Å². The van der Waals surface area contributed by atoms with Gasteiger partial charge in [-0.3, -0.25) is 4.79 Å². The van der Waals surface area contributed by atoms with Crippen molar-refractivity contribution < 1.29 is 4.79 Å². The normalized spacial score (nSPS) is 12.6. The highest BCUT2D eigenvalue weighted by molar-refractivity contribution is 6.35. The smallest absolute Gasteiger partial charge is 0.146 e. The van der Waals surface area contributed by atoms with Crippen LogP contribution in [0.2, 0.25) is 10.0 Å². The summed E-state index contributed by atoms with van der Waals surface area (Å²) >= 11 is 11.7. The van der Waals surface area contributed by atoms with Crippen LogP contribution >= 0.6 is 23.2 Å². The molecule has 1 atom stereocenters. The first-order valence-corrected chi connectivity index (χ1v) is 4.96. The zero-order valence-electron chi connectivity index (χ0n) is 7.76. The standard InChI is InChI=1S/C10H11Cl2NO/c1-6(14)10(13)4-7-2-3-8(11)5-9(7)12/h2-3,5,10H,4,13H2,1H3/t10-/m0/s1. The van der Waals surface area contributed by atoms with Crippen molar-refractivity contribution in [1.29, 1.82) is 0 Å². The molecule has 1 rings (SSSR count). The number of hydrogen-bond acceptors (Lipinski definition) is 2. The quantitative estimate of drug-likeness (QED) is 0.869. The molecule has 0 aromatic heterocycles. The number of hydrogen-bond donors (Lipinski definition) is 1. The van der Waals surface area contributed by atoms with Gasteiger partial charge in [-0.25, -0.2) is 0 Å². The molecule has 76 valence electrons. The average Bonchev–Trinajstić information content (AvgIpc) is 2.09. The van der Waals surface area contributed by atoms with Crippen LogP contribution in [0.25, 0.3) is 0 Å². The van der Waals surface area contributed by atoms with Gasteiger partial charge in [0.25, 0.3) is 0 Å². The Kier molecular flexibility index (Phi) is 3.93. The van der Waals surface area contributed by atoms with Crippen molar-refractivity contribution in [2.24, 2.45) is 5.73 Å². The molecule has 0 amide bonds. The number of nitrogens with two attached hydrogens (primary N) is 1. The molecule has 0 unspecified atom stereocenters. The zero-order chi connectivity index (χ0) is 10.7. The predicted molar refractivity (Wildman–Crippen MR) is 58.8 cm³/mol. The lowest BCUT2D eigenvalue weighted by atomic mass is 10.0. The summed E-state index contributed by atoms with van der Waals surface area (Å²) in [5.41, 5.74) is 6.46. The number of carbonyl (C=O) groups excluding carboxylic acids is 1. The molecule has 2 N–H and O–H groups in total. The van der Waals surface area contributed by atoms with E-state index in [1.165, 1.54) is 6.92 Å². The molecule has 0 aliphatic carbocycles. The zero-order valence-corrected chi connectivity index (χ0v) is 9.27. The Balaban J connectivity index is 2.82. The highest BCUT2D eigenvalue weighted by Crippen LogP contribution is 2.21. The van der Waals surface area contributed by atoms with Crippen LogP contribution < -0.4 is 5.73 Å². The third-order valence-electron chi connectivity index (χ3n) is 1.98. The molecular weight excluding hydrogens is 221 g/mol. The van der Waals surface area contributed by atoms with E-state index in [1.807, 2.05) is 0 Å². The Morgan fingerprint density at radius 2 is 2.14 bits per heavy atom. The second kappa shape index (κ2) is 4.78. The fourth-order valence-corrected chi connectivity index (χ4v) is 1.55. The van der Waals surface area contributed by atoms with Crippen molar-refractivity contribution in [2.45, 2.75) is 19.4 Å². The molecule has 0 saturated carbocycles. The molecule has 4 heteroatoms. The van der Waals surface area contributed by atoms with E-state index in [9.17, 15) is 4.79 Å². The van der Waals surface area contributed by atoms with Gasteiger partial charge in [0, 0.05) is 10.0 Å². The molecule has 0 heterocycles. The second-order valence-electron chi connectivity index (χ2n) is 3.16.